The molecule has 0 N–H and O–H groups in total. The molecule has 0 fully saturated rings. The molecule has 0 aliphatic heterocycles. The first kappa shape index (κ1) is 41.8. The lowest BCUT2D eigenvalue weighted by Crippen LogP contribution is -2.07. The van der Waals surface area contributed by atoms with Gasteiger partial charge in [0, 0.05) is 45.1 Å². The van der Waals surface area contributed by atoms with Crippen LogP contribution >= 0.6 is 0 Å². The minimum Gasteiger partial charge on any atom is -0.308 e. The summed E-state index contributed by atoms with van der Waals surface area (Å²) < 4.78 is 48.0. The molecule has 4 heterocycles. The highest BCUT2D eigenvalue weighted by molar-refractivity contribution is 6.12. The molecule has 12 rings (SSSR count). The Bertz CT molecular complexity index is 3920. The van der Waals surface area contributed by atoms with Crippen molar-refractivity contribution in [3.05, 3.63) is 229 Å². The van der Waals surface area contributed by atoms with Crippen LogP contribution in [0.5, 0.6) is 0 Å². The Morgan fingerprint density at radius 2 is 0.814 bits per heavy atom. The van der Waals surface area contributed by atoms with Crippen molar-refractivity contribution in [2.75, 3.05) is 0 Å². The summed E-state index contributed by atoms with van der Waals surface area (Å²) in [6.45, 7) is 0. The van der Waals surface area contributed by atoms with Gasteiger partial charge in [-0.05, 0) is 112 Å². The van der Waals surface area contributed by atoms with Gasteiger partial charge in [0.15, 0.2) is 0 Å². The van der Waals surface area contributed by atoms with Crippen LogP contribution in [0.2, 0.25) is 0 Å². The zero-order chi connectivity index (χ0) is 47.5. The molecule has 70 heavy (non-hydrogen) atoms. The summed E-state index contributed by atoms with van der Waals surface area (Å²) in [6.07, 6.45) is -1.15. The first-order valence-corrected chi connectivity index (χ1v) is 22.6. The molecule has 4 aromatic heterocycles. The van der Waals surface area contributed by atoms with E-state index in [0.29, 0.717) is 22.5 Å². The number of hydrogen-bond donors (Lipinski definition) is 0. The number of alkyl halides is 3. The Morgan fingerprint density at radius 3 is 1.29 bits per heavy atom. The summed E-state index contributed by atoms with van der Waals surface area (Å²) in [6, 6.07) is 67.8. The van der Waals surface area contributed by atoms with Crippen LogP contribution in [0.3, 0.4) is 0 Å². The molecule has 0 unspecified atom stereocenters. The van der Waals surface area contributed by atoms with Crippen molar-refractivity contribution in [2.45, 2.75) is 6.18 Å². The fraction of sp³-hybridized carbons (Fsp3) is 0.0164. The van der Waals surface area contributed by atoms with Crippen LogP contribution in [0.15, 0.2) is 213 Å². The molecular weight excluding hydrogens is 874 g/mol. The van der Waals surface area contributed by atoms with Crippen molar-refractivity contribution in [1.29, 1.82) is 10.5 Å². The highest BCUT2D eigenvalue weighted by Gasteiger charge is 2.32. The fourth-order valence-electron chi connectivity index (χ4n) is 9.84. The molecule has 0 saturated carbocycles. The molecule has 0 aliphatic rings. The van der Waals surface area contributed by atoms with E-state index in [0.717, 1.165) is 101 Å². The smallest absolute Gasteiger partial charge is 0.308 e. The number of rotatable bonds is 7. The third-order valence-corrected chi connectivity index (χ3v) is 13.1. The SMILES string of the molecule is N#Cc1cc(-c2cc(-n3c4ccccc4c4ccc(-c5ccnc(-c6ccccc6)c5)cc43)c(C#N)c(-n3c4ccccc4c4ccc(-c5ccnc(-c6ccccc6)c5)cc43)c2)cc(C(F)(F)F)c1. The van der Waals surface area contributed by atoms with E-state index in [9.17, 15) is 23.7 Å². The van der Waals surface area contributed by atoms with Crippen molar-refractivity contribution in [1.82, 2.24) is 19.1 Å². The standard InChI is InChI=1S/C61H35F3N6/c62-61(63,64)47-28-38(36-65)27-45(29-47)46-34-59(69-55-17-9-7-15-48(55)50-21-19-41(32-57(50)69)43-23-25-67-53(30-43)39-11-3-1-4-12-39)52(37-66)60(35-46)70-56-18-10-8-16-49(56)51-22-20-42(33-58(51)70)44-24-26-68-54(31-44)40-13-5-2-6-14-40/h1-35H. The predicted octanol–water partition coefficient (Wildman–Crippen LogP) is 15.8. The fourth-order valence-corrected chi connectivity index (χ4v) is 9.84. The molecule has 0 saturated heterocycles. The van der Waals surface area contributed by atoms with Gasteiger partial charge in [-0.3, -0.25) is 9.97 Å². The van der Waals surface area contributed by atoms with Gasteiger partial charge in [0.25, 0.3) is 0 Å². The van der Waals surface area contributed by atoms with Crippen LogP contribution in [-0.4, -0.2) is 19.1 Å². The van der Waals surface area contributed by atoms with Crippen LogP contribution in [-0.2, 0) is 6.18 Å². The molecule has 0 spiro atoms. The van der Waals surface area contributed by atoms with Crippen LogP contribution in [0.4, 0.5) is 13.2 Å². The lowest BCUT2D eigenvalue weighted by atomic mass is 9.96. The van der Waals surface area contributed by atoms with Crippen molar-refractivity contribution in [3.8, 4) is 79.4 Å². The van der Waals surface area contributed by atoms with Crippen molar-refractivity contribution in [3.63, 3.8) is 0 Å². The van der Waals surface area contributed by atoms with Gasteiger partial charge in [-0.2, -0.15) is 23.7 Å². The molecule has 12 aromatic rings. The molecule has 8 aromatic carbocycles. The van der Waals surface area contributed by atoms with E-state index < -0.39 is 11.7 Å². The Hall–Kier alpha value is -9.57. The highest BCUT2D eigenvalue weighted by atomic mass is 19.4. The lowest BCUT2D eigenvalue weighted by molar-refractivity contribution is -0.137. The van der Waals surface area contributed by atoms with Gasteiger partial charge in [0.1, 0.15) is 11.6 Å². The molecule has 0 aliphatic carbocycles. The molecule has 0 atom stereocenters. The van der Waals surface area contributed by atoms with Crippen LogP contribution in [0.1, 0.15) is 16.7 Å². The molecule has 9 heteroatoms. The Morgan fingerprint density at radius 1 is 0.371 bits per heavy atom. The van der Waals surface area contributed by atoms with E-state index in [-0.39, 0.29) is 11.1 Å². The van der Waals surface area contributed by atoms with Gasteiger partial charge in [-0.25, -0.2) is 0 Å². The first-order valence-electron chi connectivity index (χ1n) is 22.6. The number of halogens is 3. The zero-order valence-electron chi connectivity index (χ0n) is 37.0. The Kier molecular flexibility index (Phi) is 9.94. The molecule has 0 radical (unpaired) electrons. The Labute approximate surface area is 399 Å². The Balaban J connectivity index is 1.16. The number of pyridine rings is 2. The number of para-hydroxylation sites is 2. The molecule has 0 bridgehead atoms. The maximum Gasteiger partial charge on any atom is 0.416 e. The average Bonchev–Trinajstić information content (AvgIpc) is 3.92. The van der Waals surface area contributed by atoms with E-state index >= 15 is 0 Å². The summed E-state index contributed by atoms with van der Waals surface area (Å²) in [7, 11) is 0. The van der Waals surface area contributed by atoms with E-state index in [2.05, 4.69) is 52.4 Å². The summed E-state index contributed by atoms with van der Waals surface area (Å²) >= 11 is 0. The van der Waals surface area contributed by atoms with Crippen LogP contribution < -0.4 is 0 Å². The topological polar surface area (TPSA) is 83.2 Å². The number of benzene rings is 8. The monoisotopic (exact) mass is 908 g/mol. The summed E-state index contributed by atoms with van der Waals surface area (Å²) in [5.74, 6) is 0. The van der Waals surface area contributed by atoms with Gasteiger partial charge in [0.2, 0.25) is 0 Å². The summed E-state index contributed by atoms with van der Waals surface area (Å²) in [5.41, 5.74) is 11.1. The first-order chi connectivity index (χ1) is 34.2. The van der Waals surface area contributed by atoms with Crippen molar-refractivity contribution >= 4 is 43.6 Å². The third-order valence-electron chi connectivity index (χ3n) is 13.1. The van der Waals surface area contributed by atoms with Gasteiger partial charge in [-0.15, -0.1) is 0 Å². The van der Waals surface area contributed by atoms with Gasteiger partial charge in [-0.1, -0.05) is 121 Å². The molecule has 330 valence electrons. The second kappa shape index (κ2) is 16.6. The van der Waals surface area contributed by atoms with Crippen molar-refractivity contribution < 1.29 is 13.2 Å². The van der Waals surface area contributed by atoms with Crippen molar-refractivity contribution in [2.24, 2.45) is 0 Å². The van der Waals surface area contributed by atoms with E-state index in [4.69, 9.17) is 0 Å². The zero-order valence-corrected chi connectivity index (χ0v) is 37.0. The van der Waals surface area contributed by atoms with E-state index in [1.807, 2.05) is 149 Å². The second-order valence-electron chi connectivity index (χ2n) is 17.2. The highest BCUT2D eigenvalue weighted by Crippen LogP contribution is 2.43. The van der Waals surface area contributed by atoms with Gasteiger partial charge >= 0.3 is 6.18 Å². The number of fused-ring (bicyclic) bond motifs is 6. The number of aromatic nitrogens is 4. The molecule has 6 nitrogen and oxygen atoms in total. The van der Waals surface area contributed by atoms with Crippen LogP contribution in [0, 0.1) is 22.7 Å². The second-order valence-corrected chi connectivity index (χ2v) is 17.2. The maximum atomic E-state index is 14.7. The maximum absolute atomic E-state index is 14.7. The number of nitrogens with zero attached hydrogens (tertiary/aromatic N) is 6. The minimum absolute atomic E-state index is 0.139. The van der Waals surface area contributed by atoms with E-state index in [1.54, 1.807) is 24.5 Å². The molecular formula is C61H35F3N6. The number of hydrogen-bond acceptors (Lipinski definition) is 4. The van der Waals surface area contributed by atoms with Gasteiger partial charge < -0.3 is 9.13 Å². The van der Waals surface area contributed by atoms with E-state index in [1.165, 1.54) is 6.07 Å². The normalized spacial score (nSPS) is 11.6. The predicted molar refractivity (Wildman–Crippen MR) is 272 cm³/mol. The third kappa shape index (κ3) is 7.13. The molecule has 0 amide bonds. The summed E-state index contributed by atoms with van der Waals surface area (Å²) in [5, 5.41) is 25.4. The van der Waals surface area contributed by atoms with Gasteiger partial charge in [0.05, 0.1) is 62.0 Å². The minimum atomic E-state index is -4.73. The van der Waals surface area contributed by atoms with Crippen LogP contribution in [0.25, 0.3) is 111 Å². The largest absolute Gasteiger partial charge is 0.416 e. The summed E-state index contributed by atoms with van der Waals surface area (Å²) in [4.78, 5) is 9.34. The lowest BCUT2D eigenvalue weighted by Gasteiger charge is -2.19. The quantitative estimate of drug-likeness (QED) is 0.159. The number of nitriles is 2. The average molecular weight is 909 g/mol.